The molecule has 1 atom stereocenters. The van der Waals surface area contributed by atoms with Crippen molar-refractivity contribution in [1.29, 1.82) is 0 Å². The summed E-state index contributed by atoms with van der Waals surface area (Å²) in [4.78, 5) is 39.8. The molecule has 3 aromatic rings. The molecule has 35 heavy (non-hydrogen) atoms. The van der Waals surface area contributed by atoms with E-state index in [1.54, 1.807) is 25.1 Å². The Kier molecular flexibility index (Phi) is 8.18. The molecule has 1 heterocycles. The van der Waals surface area contributed by atoms with Crippen molar-refractivity contribution in [2.24, 2.45) is 5.10 Å². The standard InChI is InChI=1S/C23H23BrN4O7/c1-4-13(3)22-26-17-7-6-15(24)10-16(17)23(31)27(22)25-11-14-8-18(28(32)33)21(35-12-20(29)30)19(9-14)34-5-2/h6-11,13H,4-5,12H2,1-3H3,(H,29,30)/t13-/m1/s1. The van der Waals surface area contributed by atoms with Gasteiger partial charge in [-0.1, -0.05) is 29.8 Å². The van der Waals surface area contributed by atoms with Crippen LogP contribution in [0.1, 0.15) is 44.5 Å². The fourth-order valence-corrected chi connectivity index (χ4v) is 3.62. The molecule has 0 saturated carbocycles. The van der Waals surface area contributed by atoms with Crippen LogP contribution in [0, 0.1) is 10.1 Å². The van der Waals surface area contributed by atoms with Crippen molar-refractivity contribution in [2.45, 2.75) is 33.1 Å². The van der Waals surface area contributed by atoms with Crippen LogP contribution in [0.15, 0.2) is 44.7 Å². The third kappa shape index (κ3) is 5.83. The summed E-state index contributed by atoms with van der Waals surface area (Å²) >= 11 is 3.36. The molecule has 0 amide bonds. The van der Waals surface area contributed by atoms with Crippen molar-refractivity contribution in [1.82, 2.24) is 9.66 Å². The summed E-state index contributed by atoms with van der Waals surface area (Å²) in [5, 5.41) is 25.3. The molecule has 0 saturated heterocycles. The summed E-state index contributed by atoms with van der Waals surface area (Å²) in [5.41, 5.74) is -0.0918. The van der Waals surface area contributed by atoms with Gasteiger partial charge in [0.25, 0.3) is 5.56 Å². The topological polar surface area (TPSA) is 146 Å². The molecule has 0 spiro atoms. The van der Waals surface area contributed by atoms with E-state index in [1.165, 1.54) is 23.0 Å². The lowest BCUT2D eigenvalue weighted by Crippen LogP contribution is -2.23. The average Bonchev–Trinajstić information content (AvgIpc) is 2.82. The number of carboxylic acids is 1. The Hall–Kier alpha value is -3.80. The van der Waals surface area contributed by atoms with E-state index in [4.69, 9.17) is 14.6 Å². The zero-order valence-electron chi connectivity index (χ0n) is 19.2. The van der Waals surface area contributed by atoms with Crippen LogP contribution < -0.4 is 15.0 Å². The Morgan fingerprint density at radius 3 is 2.69 bits per heavy atom. The molecule has 0 unspecified atom stereocenters. The van der Waals surface area contributed by atoms with E-state index in [2.05, 4.69) is 26.0 Å². The number of rotatable bonds is 10. The van der Waals surface area contributed by atoms with Crippen molar-refractivity contribution < 1.29 is 24.3 Å². The van der Waals surface area contributed by atoms with Gasteiger partial charge in [0.05, 0.1) is 28.6 Å². The van der Waals surface area contributed by atoms with Crippen LogP contribution in [0.4, 0.5) is 5.69 Å². The predicted molar refractivity (Wildman–Crippen MR) is 133 cm³/mol. The fourth-order valence-electron chi connectivity index (χ4n) is 3.26. The van der Waals surface area contributed by atoms with E-state index >= 15 is 0 Å². The van der Waals surface area contributed by atoms with Crippen molar-refractivity contribution in [3.05, 3.63) is 66.7 Å². The number of aliphatic carboxylic acids is 1. The number of hydrogen-bond donors (Lipinski definition) is 1. The summed E-state index contributed by atoms with van der Waals surface area (Å²) < 4.78 is 12.5. The van der Waals surface area contributed by atoms with Gasteiger partial charge in [0.1, 0.15) is 5.82 Å². The molecular formula is C23H23BrN4O7. The number of hydrogen-bond acceptors (Lipinski definition) is 8. The number of carboxylic acid groups (broad SMARTS) is 1. The minimum atomic E-state index is -1.29. The number of benzene rings is 2. The molecule has 0 aliphatic carbocycles. The Morgan fingerprint density at radius 2 is 2.06 bits per heavy atom. The molecule has 3 rings (SSSR count). The molecule has 1 aromatic heterocycles. The van der Waals surface area contributed by atoms with E-state index in [-0.39, 0.29) is 35.1 Å². The van der Waals surface area contributed by atoms with Crippen LogP contribution in [0.5, 0.6) is 11.5 Å². The largest absolute Gasteiger partial charge is 0.490 e. The first-order valence-corrected chi connectivity index (χ1v) is 11.5. The normalized spacial score (nSPS) is 12.1. The minimum Gasteiger partial charge on any atom is -0.490 e. The van der Waals surface area contributed by atoms with Crippen LogP contribution >= 0.6 is 15.9 Å². The lowest BCUT2D eigenvalue weighted by atomic mass is 10.1. The maximum atomic E-state index is 13.3. The van der Waals surface area contributed by atoms with E-state index in [1.807, 2.05) is 13.8 Å². The number of nitrogens with zero attached hydrogens (tertiary/aromatic N) is 4. The number of halogens is 1. The smallest absolute Gasteiger partial charge is 0.341 e. The summed E-state index contributed by atoms with van der Waals surface area (Å²) in [5.74, 6) is -1.25. The zero-order chi connectivity index (χ0) is 25.7. The van der Waals surface area contributed by atoms with Gasteiger partial charge in [0, 0.05) is 22.0 Å². The highest BCUT2D eigenvalue weighted by molar-refractivity contribution is 9.10. The van der Waals surface area contributed by atoms with Gasteiger partial charge in [-0.15, -0.1) is 0 Å². The van der Waals surface area contributed by atoms with Crippen LogP contribution in [0.2, 0.25) is 0 Å². The molecule has 0 fully saturated rings. The fraction of sp³-hybridized carbons (Fsp3) is 0.304. The molecule has 0 radical (unpaired) electrons. The van der Waals surface area contributed by atoms with Gasteiger partial charge >= 0.3 is 11.7 Å². The van der Waals surface area contributed by atoms with Gasteiger partial charge in [-0.3, -0.25) is 14.9 Å². The Bertz CT molecular complexity index is 1370. The number of carbonyl (C=O) groups is 1. The molecular weight excluding hydrogens is 524 g/mol. The Morgan fingerprint density at radius 1 is 1.31 bits per heavy atom. The number of ether oxygens (including phenoxy) is 2. The lowest BCUT2D eigenvalue weighted by molar-refractivity contribution is -0.385. The van der Waals surface area contributed by atoms with Crippen molar-refractivity contribution >= 4 is 44.7 Å². The average molecular weight is 547 g/mol. The van der Waals surface area contributed by atoms with Gasteiger partial charge in [0.15, 0.2) is 12.4 Å². The maximum Gasteiger partial charge on any atom is 0.341 e. The van der Waals surface area contributed by atoms with Gasteiger partial charge in [-0.05, 0) is 37.6 Å². The van der Waals surface area contributed by atoms with Gasteiger partial charge < -0.3 is 14.6 Å². The molecule has 1 N–H and O–H groups in total. The second-order valence-electron chi connectivity index (χ2n) is 7.54. The van der Waals surface area contributed by atoms with Crippen LogP contribution in [0.3, 0.4) is 0 Å². The number of nitro benzene ring substituents is 1. The SMILES string of the molecule is CCOc1cc(C=Nn2c([C@H](C)CC)nc3ccc(Br)cc3c2=O)cc([N+](=O)[O-])c1OCC(=O)O. The summed E-state index contributed by atoms with van der Waals surface area (Å²) in [6, 6.07) is 7.79. The van der Waals surface area contributed by atoms with Crippen LogP contribution in [0.25, 0.3) is 10.9 Å². The van der Waals surface area contributed by atoms with Gasteiger partial charge in [-0.25, -0.2) is 9.78 Å². The van der Waals surface area contributed by atoms with Crippen LogP contribution in [-0.4, -0.2) is 45.1 Å². The third-order valence-corrected chi connectivity index (χ3v) is 5.60. The Balaban J connectivity index is 2.17. The van der Waals surface area contributed by atoms with E-state index in [0.717, 1.165) is 0 Å². The molecule has 0 aliphatic rings. The van der Waals surface area contributed by atoms with Crippen molar-refractivity contribution in [2.75, 3.05) is 13.2 Å². The summed E-state index contributed by atoms with van der Waals surface area (Å²) in [6.07, 6.45) is 1.99. The van der Waals surface area contributed by atoms with Gasteiger partial charge in [-0.2, -0.15) is 9.78 Å². The highest BCUT2D eigenvalue weighted by Crippen LogP contribution is 2.38. The zero-order valence-corrected chi connectivity index (χ0v) is 20.8. The molecule has 184 valence electrons. The first kappa shape index (κ1) is 25.8. The quantitative estimate of drug-likeness (QED) is 0.224. The van der Waals surface area contributed by atoms with E-state index in [0.29, 0.717) is 27.6 Å². The van der Waals surface area contributed by atoms with E-state index < -0.39 is 23.2 Å². The molecule has 2 aromatic carbocycles. The molecule has 11 nitrogen and oxygen atoms in total. The highest BCUT2D eigenvalue weighted by Gasteiger charge is 2.23. The van der Waals surface area contributed by atoms with Crippen LogP contribution in [-0.2, 0) is 4.79 Å². The van der Waals surface area contributed by atoms with Gasteiger partial charge in [0.2, 0.25) is 5.75 Å². The third-order valence-electron chi connectivity index (χ3n) is 5.10. The summed E-state index contributed by atoms with van der Waals surface area (Å²) in [7, 11) is 0. The number of fused-ring (bicyclic) bond motifs is 1. The molecule has 12 heteroatoms. The highest BCUT2D eigenvalue weighted by atomic mass is 79.9. The Labute approximate surface area is 208 Å². The van der Waals surface area contributed by atoms with E-state index in [9.17, 15) is 19.7 Å². The number of nitro groups is 1. The number of aromatic nitrogens is 2. The second-order valence-corrected chi connectivity index (χ2v) is 8.46. The summed E-state index contributed by atoms with van der Waals surface area (Å²) in [6.45, 7) is 4.93. The van der Waals surface area contributed by atoms with Crippen molar-refractivity contribution in [3.63, 3.8) is 0 Å². The maximum absolute atomic E-state index is 13.3. The first-order chi connectivity index (χ1) is 16.7. The minimum absolute atomic E-state index is 0.0144. The monoisotopic (exact) mass is 546 g/mol. The molecule has 0 aliphatic heterocycles. The molecule has 0 bridgehead atoms. The first-order valence-electron chi connectivity index (χ1n) is 10.7. The lowest BCUT2D eigenvalue weighted by Gasteiger charge is -2.14. The second kappa shape index (κ2) is 11.1. The predicted octanol–water partition coefficient (Wildman–Crippen LogP) is 4.33. The van der Waals surface area contributed by atoms with Crippen molar-refractivity contribution in [3.8, 4) is 11.5 Å².